The highest BCUT2D eigenvalue weighted by Gasteiger charge is 2.07. The standard InChI is InChI=1S/C10H6BrCl2N/c1-5-2-6(12)3-7-9(11)8(13)4-14-10(5)7/h2-4H,1H3. The van der Waals surface area contributed by atoms with E-state index in [2.05, 4.69) is 20.9 Å². The van der Waals surface area contributed by atoms with E-state index in [-0.39, 0.29) is 0 Å². The molecule has 0 spiro atoms. The van der Waals surface area contributed by atoms with Gasteiger partial charge in [-0.1, -0.05) is 23.2 Å². The Morgan fingerprint density at radius 2 is 2.00 bits per heavy atom. The van der Waals surface area contributed by atoms with Gasteiger partial charge in [-0.05, 0) is 40.5 Å². The van der Waals surface area contributed by atoms with Crippen molar-refractivity contribution >= 4 is 50.0 Å². The Morgan fingerprint density at radius 3 is 2.71 bits per heavy atom. The Kier molecular flexibility index (Phi) is 2.69. The number of nitrogens with zero attached hydrogens (tertiary/aromatic N) is 1. The third-order valence-corrected chi connectivity index (χ3v) is 3.61. The highest BCUT2D eigenvalue weighted by Crippen LogP contribution is 2.32. The average molecular weight is 291 g/mol. The fourth-order valence-corrected chi connectivity index (χ4v) is 2.21. The SMILES string of the molecule is Cc1cc(Cl)cc2c(Br)c(Cl)cnc12. The summed E-state index contributed by atoms with van der Waals surface area (Å²) in [5, 5.41) is 2.24. The highest BCUT2D eigenvalue weighted by atomic mass is 79.9. The molecule has 1 nitrogen and oxygen atoms in total. The molecule has 0 amide bonds. The van der Waals surface area contributed by atoms with Gasteiger partial charge in [-0.2, -0.15) is 0 Å². The molecule has 1 aromatic heterocycles. The van der Waals surface area contributed by atoms with Gasteiger partial charge in [0.15, 0.2) is 0 Å². The zero-order chi connectivity index (χ0) is 10.3. The van der Waals surface area contributed by atoms with E-state index < -0.39 is 0 Å². The molecule has 0 aliphatic heterocycles. The Balaban J connectivity index is 2.95. The maximum absolute atomic E-state index is 5.96. The van der Waals surface area contributed by atoms with Gasteiger partial charge < -0.3 is 0 Å². The number of pyridine rings is 1. The van der Waals surface area contributed by atoms with Crippen LogP contribution in [0.15, 0.2) is 22.8 Å². The lowest BCUT2D eigenvalue weighted by Gasteiger charge is -2.05. The van der Waals surface area contributed by atoms with Crippen LogP contribution in [0, 0.1) is 6.92 Å². The molecule has 0 bridgehead atoms. The van der Waals surface area contributed by atoms with Crippen molar-refractivity contribution in [1.29, 1.82) is 0 Å². The molecule has 0 saturated heterocycles. The van der Waals surface area contributed by atoms with Crippen LogP contribution in [0.1, 0.15) is 5.56 Å². The maximum Gasteiger partial charge on any atom is 0.0744 e. The molecule has 0 saturated carbocycles. The van der Waals surface area contributed by atoms with Crippen LogP contribution in [0.4, 0.5) is 0 Å². The number of hydrogen-bond acceptors (Lipinski definition) is 1. The minimum atomic E-state index is 0.596. The van der Waals surface area contributed by atoms with Gasteiger partial charge in [0.25, 0.3) is 0 Å². The van der Waals surface area contributed by atoms with Crippen LogP contribution < -0.4 is 0 Å². The summed E-state index contributed by atoms with van der Waals surface area (Å²) < 4.78 is 0.842. The van der Waals surface area contributed by atoms with Crippen LogP contribution in [0.25, 0.3) is 10.9 Å². The van der Waals surface area contributed by atoms with E-state index in [1.165, 1.54) is 0 Å². The fraction of sp³-hybridized carbons (Fsp3) is 0.100. The predicted molar refractivity (Wildman–Crippen MR) is 64.2 cm³/mol. The van der Waals surface area contributed by atoms with Crippen LogP contribution >= 0.6 is 39.1 Å². The number of aryl methyl sites for hydroxylation is 1. The number of benzene rings is 1. The Labute approximate surface area is 100 Å². The Bertz CT molecular complexity index is 511. The summed E-state index contributed by atoms with van der Waals surface area (Å²) in [6.07, 6.45) is 1.63. The van der Waals surface area contributed by atoms with Crippen molar-refractivity contribution in [3.63, 3.8) is 0 Å². The van der Waals surface area contributed by atoms with Gasteiger partial charge in [0.1, 0.15) is 0 Å². The summed E-state index contributed by atoms with van der Waals surface area (Å²) in [7, 11) is 0. The van der Waals surface area contributed by atoms with Crippen molar-refractivity contribution in [1.82, 2.24) is 4.98 Å². The van der Waals surface area contributed by atoms with E-state index in [1.807, 2.05) is 19.1 Å². The lowest BCUT2D eigenvalue weighted by atomic mass is 10.1. The molecule has 14 heavy (non-hydrogen) atoms. The average Bonchev–Trinajstić information content (AvgIpc) is 2.12. The number of halogens is 3. The van der Waals surface area contributed by atoms with Crippen molar-refractivity contribution in [3.05, 3.63) is 38.4 Å². The molecule has 0 aliphatic carbocycles. The molecule has 0 N–H and O–H groups in total. The summed E-state index contributed by atoms with van der Waals surface area (Å²) >= 11 is 15.3. The van der Waals surface area contributed by atoms with Crippen LogP contribution in [-0.4, -0.2) is 4.98 Å². The normalized spacial score (nSPS) is 10.9. The maximum atomic E-state index is 5.96. The summed E-state index contributed by atoms with van der Waals surface area (Å²) in [4.78, 5) is 4.26. The van der Waals surface area contributed by atoms with Gasteiger partial charge in [-0.15, -0.1) is 0 Å². The monoisotopic (exact) mass is 289 g/mol. The second-order valence-electron chi connectivity index (χ2n) is 3.04. The second kappa shape index (κ2) is 3.69. The topological polar surface area (TPSA) is 12.9 Å². The van der Waals surface area contributed by atoms with Crippen molar-refractivity contribution in [3.8, 4) is 0 Å². The molecular formula is C10H6BrCl2N. The smallest absolute Gasteiger partial charge is 0.0744 e. The summed E-state index contributed by atoms with van der Waals surface area (Å²) in [5.41, 5.74) is 1.97. The van der Waals surface area contributed by atoms with E-state index in [9.17, 15) is 0 Å². The molecule has 4 heteroatoms. The zero-order valence-corrected chi connectivity index (χ0v) is 10.4. The van der Waals surface area contributed by atoms with Crippen molar-refractivity contribution < 1.29 is 0 Å². The number of rotatable bonds is 0. The first-order chi connectivity index (χ1) is 6.59. The zero-order valence-electron chi connectivity index (χ0n) is 7.31. The summed E-state index contributed by atoms with van der Waals surface area (Å²) in [5.74, 6) is 0. The lowest BCUT2D eigenvalue weighted by Crippen LogP contribution is -1.85. The quantitative estimate of drug-likeness (QED) is 0.690. The molecule has 1 heterocycles. The van der Waals surface area contributed by atoms with Crippen molar-refractivity contribution in [2.45, 2.75) is 6.92 Å². The van der Waals surface area contributed by atoms with E-state index in [4.69, 9.17) is 23.2 Å². The first-order valence-corrected chi connectivity index (χ1v) is 5.54. The second-order valence-corrected chi connectivity index (χ2v) is 4.68. The molecule has 0 radical (unpaired) electrons. The van der Waals surface area contributed by atoms with Crippen LogP contribution in [0.3, 0.4) is 0 Å². The molecule has 2 aromatic rings. The lowest BCUT2D eigenvalue weighted by molar-refractivity contribution is 1.36. The molecule has 0 unspecified atom stereocenters. The molecule has 0 atom stereocenters. The first kappa shape index (κ1) is 10.2. The predicted octanol–water partition coefficient (Wildman–Crippen LogP) is 4.61. The highest BCUT2D eigenvalue weighted by molar-refractivity contribution is 9.10. The molecule has 2 rings (SSSR count). The largest absolute Gasteiger partial charge is 0.254 e. The van der Waals surface area contributed by atoms with E-state index in [1.54, 1.807) is 6.20 Å². The number of aromatic nitrogens is 1. The van der Waals surface area contributed by atoms with Gasteiger partial charge in [-0.3, -0.25) is 4.98 Å². The van der Waals surface area contributed by atoms with E-state index >= 15 is 0 Å². The fourth-order valence-electron chi connectivity index (χ4n) is 1.38. The van der Waals surface area contributed by atoms with Crippen molar-refractivity contribution in [2.24, 2.45) is 0 Å². The minimum absolute atomic E-state index is 0.596. The van der Waals surface area contributed by atoms with E-state index in [0.29, 0.717) is 10.0 Å². The van der Waals surface area contributed by atoms with E-state index in [0.717, 1.165) is 20.9 Å². The summed E-state index contributed by atoms with van der Waals surface area (Å²) in [6, 6.07) is 3.74. The van der Waals surface area contributed by atoms with Crippen LogP contribution in [-0.2, 0) is 0 Å². The van der Waals surface area contributed by atoms with Crippen LogP contribution in [0.2, 0.25) is 10.0 Å². The third kappa shape index (κ3) is 1.62. The third-order valence-electron chi connectivity index (χ3n) is 2.02. The van der Waals surface area contributed by atoms with Crippen molar-refractivity contribution in [2.75, 3.05) is 0 Å². The van der Waals surface area contributed by atoms with Gasteiger partial charge in [0, 0.05) is 21.1 Å². The van der Waals surface area contributed by atoms with Gasteiger partial charge in [0.2, 0.25) is 0 Å². The Hall–Kier alpha value is -0.310. The molecule has 1 aromatic carbocycles. The molecule has 0 fully saturated rings. The van der Waals surface area contributed by atoms with Crippen LogP contribution in [0.5, 0.6) is 0 Å². The van der Waals surface area contributed by atoms with Gasteiger partial charge >= 0.3 is 0 Å². The Morgan fingerprint density at radius 1 is 1.29 bits per heavy atom. The molecular weight excluding hydrogens is 285 g/mol. The van der Waals surface area contributed by atoms with Gasteiger partial charge in [0.05, 0.1) is 10.5 Å². The first-order valence-electron chi connectivity index (χ1n) is 3.99. The molecule has 0 aliphatic rings. The minimum Gasteiger partial charge on any atom is -0.254 e. The molecule has 72 valence electrons. The van der Waals surface area contributed by atoms with Gasteiger partial charge in [-0.25, -0.2) is 0 Å². The summed E-state index contributed by atoms with van der Waals surface area (Å²) in [6.45, 7) is 1.97. The number of hydrogen-bond donors (Lipinski definition) is 0. The number of fused-ring (bicyclic) bond motifs is 1.